The summed E-state index contributed by atoms with van der Waals surface area (Å²) in [6.07, 6.45) is 7.35. The van der Waals surface area contributed by atoms with E-state index in [4.69, 9.17) is 4.99 Å². The number of halogens is 1. The maximum atomic E-state index is 13.9. The first-order valence-corrected chi connectivity index (χ1v) is 8.96. The second-order valence-corrected chi connectivity index (χ2v) is 7.29. The van der Waals surface area contributed by atoms with Crippen LogP contribution in [0.4, 0.5) is 4.39 Å². The molecule has 0 atom stereocenters. The van der Waals surface area contributed by atoms with Gasteiger partial charge in [-0.25, -0.2) is 4.39 Å². The summed E-state index contributed by atoms with van der Waals surface area (Å²) in [6, 6.07) is 15.4. The maximum Gasteiger partial charge on any atom is 0.123 e. The van der Waals surface area contributed by atoms with Crippen LogP contribution >= 0.6 is 0 Å². The molecule has 5 rings (SSSR count). The molecule has 0 unspecified atom stereocenters. The van der Waals surface area contributed by atoms with Gasteiger partial charge in [-0.3, -0.25) is 9.98 Å². The molecule has 2 heterocycles. The average molecular weight is 330 g/mol. The number of pyridine rings is 1. The molecule has 1 aliphatic carbocycles. The lowest BCUT2D eigenvalue weighted by Crippen LogP contribution is -2.32. The van der Waals surface area contributed by atoms with Gasteiger partial charge in [0.05, 0.1) is 16.8 Å². The molecule has 1 fully saturated rings. The summed E-state index contributed by atoms with van der Waals surface area (Å²) in [4.78, 5) is 9.82. The van der Waals surface area contributed by atoms with E-state index >= 15 is 0 Å². The van der Waals surface area contributed by atoms with Crippen molar-refractivity contribution >= 4 is 16.6 Å². The molecule has 124 valence electrons. The molecule has 1 aliphatic heterocycles. The Bertz CT molecular complexity index is 1000. The van der Waals surface area contributed by atoms with Gasteiger partial charge in [0.15, 0.2) is 0 Å². The monoisotopic (exact) mass is 330 g/mol. The number of aliphatic imine (C=N–C) groups is 1. The van der Waals surface area contributed by atoms with Crippen molar-refractivity contribution in [3.63, 3.8) is 0 Å². The van der Waals surface area contributed by atoms with Crippen molar-refractivity contribution in [1.29, 1.82) is 0 Å². The van der Waals surface area contributed by atoms with Crippen LogP contribution in [0.15, 0.2) is 59.7 Å². The van der Waals surface area contributed by atoms with Crippen LogP contribution in [0.25, 0.3) is 10.9 Å². The van der Waals surface area contributed by atoms with Gasteiger partial charge in [-0.15, -0.1) is 0 Å². The molecular formula is C22H19FN2. The Labute approximate surface area is 146 Å². The van der Waals surface area contributed by atoms with Gasteiger partial charge in [-0.05, 0) is 55.2 Å². The zero-order valence-electron chi connectivity index (χ0n) is 14.0. The summed E-state index contributed by atoms with van der Waals surface area (Å²) in [7, 11) is 0. The largest absolute Gasteiger partial charge is 0.277 e. The lowest BCUT2D eigenvalue weighted by Gasteiger charge is -2.32. The fourth-order valence-electron chi connectivity index (χ4n) is 4.37. The molecule has 0 bridgehead atoms. The molecule has 1 aromatic heterocycles. The smallest absolute Gasteiger partial charge is 0.123 e. The van der Waals surface area contributed by atoms with Gasteiger partial charge in [0.25, 0.3) is 0 Å². The number of fused-ring (bicyclic) bond motifs is 2. The number of para-hydroxylation sites is 1. The lowest BCUT2D eigenvalue weighted by molar-refractivity contribution is 0.433. The van der Waals surface area contributed by atoms with Crippen molar-refractivity contribution < 1.29 is 4.39 Å². The van der Waals surface area contributed by atoms with Gasteiger partial charge in [0.1, 0.15) is 5.82 Å². The quantitative estimate of drug-likeness (QED) is 0.611. The third-order valence-corrected chi connectivity index (χ3v) is 5.59. The molecule has 2 aliphatic rings. The van der Waals surface area contributed by atoms with Crippen LogP contribution in [-0.4, -0.2) is 16.2 Å². The lowest BCUT2D eigenvalue weighted by atomic mass is 9.82. The van der Waals surface area contributed by atoms with E-state index in [2.05, 4.69) is 17.1 Å². The molecule has 1 saturated carbocycles. The molecule has 0 amide bonds. The van der Waals surface area contributed by atoms with Crippen molar-refractivity contribution in [3.05, 3.63) is 77.2 Å². The molecule has 2 nitrogen and oxygen atoms in total. The van der Waals surface area contributed by atoms with E-state index in [0.717, 1.165) is 52.6 Å². The average Bonchev–Trinajstić information content (AvgIpc) is 3.08. The van der Waals surface area contributed by atoms with Gasteiger partial charge in [-0.2, -0.15) is 0 Å². The normalized spacial score (nSPS) is 18.4. The predicted molar refractivity (Wildman–Crippen MR) is 98.7 cm³/mol. The molecule has 3 heteroatoms. The van der Waals surface area contributed by atoms with Crippen molar-refractivity contribution in [3.8, 4) is 0 Å². The van der Waals surface area contributed by atoms with E-state index in [-0.39, 0.29) is 11.4 Å². The summed E-state index contributed by atoms with van der Waals surface area (Å²) < 4.78 is 13.9. The number of nitrogens with zero attached hydrogens (tertiary/aromatic N) is 2. The Hall–Kier alpha value is -2.55. The van der Waals surface area contributed by atoms with E-state index in [0.29, 0.717) is 0 Å². The summed E-state index contributed by atoms with van der Waals surface area (Å²) in [5.41, 5.74) is 5.06. The van der Waals surface area contributed by atoms with Crippen molar-refractivity contribution in [2.75, 3.05) is 0 Å². The Kier molecular flexibility index (Phi) is 3.24. The first-order chi connectivity index (χ1) is 12.2. The Morgan fingerprint density at radius 2 is 1.80 bits per heavy atom. The summed E-state index contributed by atoms with van der Waals surface area (Å²) in [5, 5.41) is 1.11. The third kappa shape index (κ3) is 2.46. The van der Waals surface area contributed by atoms with Crippen LogP contribution in [0, 0.1) is 5.82 Å². The van der Waals surface area contributed by atoms with Crippen molar-refractivity contribution in [2.24, 2.45) is 4.99 Å². The molecule has 0 saturated heterocycles. The number of aromatic nitrogens is 1. The van der Waals surface area contributed by atoms with Gasteiger partial charge >= 0.3 is 0 Å². The number of benzene rings is 2. The van der Waals surface area contributed by atoms with Gasteiger partial charge in [0, 0.05) is 22.7 Å². The molecule has 0 radical (unpaired) electrons. The van der Waals surface area contributed by atoms with Gasteiger partial charge in [-0.1, -0.05) is 31.0 Å². The van der Waals surface area contributed by atoms with E-state index in [1.165, 1.54) is 18.9 Å². The SMILES string of the molecule is Fc1ccc2c(c1)CC1(CCCC1)N=C2c1cnc2ccccc2c1. The highest BCUT2D eigenvalue weighted by Crippen LogP contribution is 2.41. The number of hydrogen-bond acceptors (Lipinski definition) is 2. The standard InChI is InChI=1S/C22H19FN2/c23-18-7-8-19-16(12-18)13-22(9-3-4-10-22)25-21(19)17-11-15-5-1-2-6-20(15)24-14-17/h1-2,5-8,11-12,14H,3-4,9-10,13H2. The Morgan fingerprint density at radius 1 is 0.960 bits per heavy atom. The third-order valence-electron chi connectivity index (χ3n) is 5.59. The fraction of sp³-hybridized carbons (Fsp3) is 0.273. The van der Waals surface area contributed by atoms with Crippen molar-refractivity contribution in [2.45, 2.75) is 37.6 Å². The summed E-state index contributed by atoms with van der Waals surface area (Å²) in [6.45, 7) is 0. The topological polar surface area (TPSA) is 25.2 Å². The van der Waals surface area contributed by atoms with Crippen LogP contribution in [0.2, 0.25) is 0 Å². The molecule has 3 aromatic rings. The fourth-order valence-corrected chi connectivity index (χ4v) is 4.37. The minimum Gasteiger partial charge on any atom is -0.277 e. The summed E-state index contributed by atoms with van der Waals surface area (Å²) >= 11 is 0. The second kappa shape index (κ2) is 5.48. The Morgan fingerprint density at radius 3 is 2.68 bits per heavy atom. The first-order valence-electron chi connectivity index (χ1n) is 8.96. The van der Waals surface area contributed by atoms with Crippen LogP contribution in [0.3, 0.4) is 0 Å². The highest BCUT2D eigenvalue weighted by Gasteiger charge is 2.38. The minimum atomic E-state index is -0.162. The molecule has 1 spiro atoms. The highest BCUT2D eigenvalue weighted by atomic mass is 19.1. The zero-order chi connectivity index (χ0) is 16.9. The molecule has 0 N–H and O–H groups in total. The number of rotatable bonds is 1. The van der Waals surface area contributed by atoms with E-state index in [1.54, 1.807) is 6.07 Å². The second-order valence-electron chi connectivity index (χ2n) is 7.29. The number of hydrogen-bond donors (Lipinski definition) is 0. The highest BCUT2D eigenvalue weighted by molar-refractivity contribution is 6.15. The van der Waals surface area contributed by atoms with Crippen LogP contribution in [-0.2, 0) is 6.42 Å². The van der Waals surface area contributed by atoms with Crippen LogP contribution in [0.1, 0.15) is 42.4 Å². The molecular weight excluding hydrogens is 311 g/mol. The van der Waals surface area contributed by atoms with Gasteiger partial charge in [0.2, 0.25) is 0 Å². The van der Waals surface area contributed by atoms with Crippen LogP contribution in [0.5, 0.6) is 0 Å². The van der Waals surface area contributed by atoms with Crippen LogP contribution < -0.4 is 0 Å². The zero-order valence-corrected chi connectivity index (χ0v) is 14.0. The van der Waals surface area contributed by atoms with E-state index in [1.807, 2.05) is 30.5 Å². The van der Waals surface area contributed by atoms with Crippen molar-refractivity contribution in [1.82, 2.24) is 4.98 Å². The minimum absolute atomic E-state index is 0.0538. The maximum absolute atomic E-state index is 13.9. The Balaban J connectivity index is 1.72. The predicted octanol–water partition coefficient (Wildman–Crippen LogP) is 5.08. The molecule has 2 aromatic carbocycles. The first kappa shape index (κ1) is 14.8. The van der Waals surface area contributed by atoms with E-state index in [9.17, 15) is 4.39 Å². The molecule has 25 heavy (non-hydrogen) atoms. The summed E-state index contributed by atoms with van der Waals surface area (Å²) in [5.74, 6) is -0.162. The van der Waals surface area contributed by atoms with Gasteiger partial charge < -0.3 is 0 Å². The van der Waals surface area contributed by atoms with E-state index < -0.39 is 0 Å².